The Labute approximate surface area is 191 Å². The molecule has 1 unspecified atom stereocenters. The second-order valence-electron chi connectivity index (χ2n) is 9.57. The van der Waals surface area contributed by atoms with Crippen molar-refractivity contribution in [1.82, 2.24) is 5.16 Å². The van der Waals surface area contributed by atoms with Gasteiger partial charge in [-0.1, -0.05) is 24.1 Å². The van der Waals surface area contributed by atoms with E-state index in [1.54, 1.807) is 6.07 Å². The number of fused-ring (bicyclic) bond motifs is 3. The molecule has 3 saturated heterocycles. The molecule has 4 fully saturated rings. The fraction of sp³-hybridized carbons (Fsp3) is 0.609. The number of quaternary nitrogens is 1. The maximum absolute atomic E-state index is 13.5. The summed E-state index contributed by atoms with van der Waals surface area (Å²) in [5.41, 5.74) is -1.58. The second kappa shape index (κ2) is 8.61. The van der Waals surface area contributed by atoms with E-state index in [9.17, 15) is 14.7 Å². The minimum atomic E-state index is -1.58. The minimum Gasteiger partial charge on any atom is -0.454 e. The Hall–Kier alpha value is -2.23. The molecule has 1 aliphatic carbocycles. The lowest BCUT2D eigenvalue weighted by atomic mass is 9.82. The van der Waals surface area contributed by atoms with Crippen LogP contribution in [0, 0.1) is 11.8 Å². The topological polar surface area (TPSA) is 102 Å². The second-order valence-corrected chi connectivity index (χ2v) is 10.5. The third-order valence-corrected chi connectivity index (χ3v) is 8.63. The lowest BCUT2D eigenvalue weighted by Crippen LogP contribution is -2.66. The number of nitrogens with one attached hydrogen (secondary N) is 1. The van der Waals surface area contributed by atoms with Crippen LogP contribution in [-0.4, -0.2) is 58.9 Å². The van der Waals surface area contributed by atoms with Crippen molar-refractivity contribution in [3.05, 3.63) is 34.7 Å². The van der Waals surface area contributed by atoms with Gasteiger partial charge in [0.25, 0.3) is 5.91 Å². The Balaban J connectivity index is 1.29. The zero-order valence-corrected chi connectivity index (χ0v) is 18.9. The number of amides is 1. The first kappa shape index (κ1) is 21.6. The van der Waals surface area contributed by atoms with Crippen LogP contribution < -0.4 is 5.32 Å². The largest absolute Gasteiger partial charge is 0.454 e. The van der Waals surface area contributed by atoms with Gasteiger partial charge in [0, 0.05) is 35.6 Å². The summed E-state index contributed by atoms with van der Waals surface area (Å²) >= 11 is 1.41. The van der Waals surface area contributed by atoms with E-state index in [0.29, 0.717) is 28.3 Å². The molecule has 0 aromatic carbocycles. The number of aromatic nitrogens is 1. The summed E-state index contributed by atoms with van der Waals surface area (Å²) in [7, 11) is 0. The van der Waals surface area contributed by atoms with E-state index in [4.69, 9.17) is 9.26 Å². The van der Waals surface area contributed by atoms with Gasteiger partial charge >= 0.3 is 5.97 Å². The molecule has 5 heterocycles. The van der Waals surface area contributed by atoms with Crippen molar-refractivity contribution in [2.45, 2.75) is 50.2 Å². The van der Waals surface area contributed by atoms with E-state index >= 15 is 0 Å². The summed E-state index contributed by atoms with van der Waals surface area (Å²) in [6.07, 6.45) is 6.68. The first-order chi connectivity index (χ1) is 15.5. The number of esters is 1. The summed E-state index contributed by atoms with van der Waals surface area (Å²) in [6.45, 7) is 2.70. The molecule has 9 heteroatoms. The van der Waals surface area contributed by atoms with Crippen molar-refractivity contribution in [3.63, 3.8) is 0 Å². The molecule has 1 saturated carbocycles. The third kappa shape index (κ3) is 3.97. The summed E-state index contributed by atoms with van der Waals surface area (Å²) in [4.78, 5) is 26.8. The van der Waals surface area contributed by atoms with Crippen LogP contribution in [-0.2, 0) is 19.9 Å². The molecule has 2 bridgehead atoms. The summed E-state index contributed by atoms with van der Waals surface area (Å²) in [5, 5.41) is 20.1. The number of rotatable bonds is 7. The first-order valence-electron chi connectivity index (χ1n) is 11.5. The Morgan fingerprint density at radius 2 is 2.03 bits per heavy atom. The van der Waals surface area contributed by atoms with Crippen LogP contribution >= 0.6 is 11.3 Å². The van der Waals surface area contributed by atoms with Crippen molar-refractivity contribution >= 4 is 29.0 Å². The van der Waals surface area contributed by atoms with Crippen molar-refractivity contribution in [2.24, 2.45) is 11.8 Å². The minimum absolute atomic E-state index is 0.105. The highest BCUT2D eigenvalue weighted by Crippen LogP contribution is 2.44. The van der Waals surface area contributed by atoms with E-state index in [0.717, 1.165) is 51.6 Å². The van der Waals surface area contributed by atoms with E-state index in [-0.39, 0.29) is 23.8 Å². The van der Waals surface area contributed by atoms with E-state index in [2.05, 4.69) is 10.5 Å². The van der Waals surface area contributed by atoms with Crippen LogP contribution in [0.25, 0.3) is 0 Å². The SMILES string of the molecule is O=C(C[N+]12CCC(CC1)[C@@H](OC(=O)C(O)(c1cccs1)C1CCCC1)C2)Nc1ccon1. The van der Waals surface area contributed by atoms with Crippen molar-refractivity contribution in [3.8, 4) is 0 Å². The molecule has 0 radical (unpaired) electrons. The predicted octanol–water partition coefficient (Wildman–Crippen LogP) is 2.90. The molecule has 0 spiro atoms. The maximum atomic E-state index is 13.5. The lowest BCUT2D eigenvalue weighted by Gasteiger charge is -2.51. The van der Waals surface area contributed by atoms with Gasteiger partial charge in [0.05, 0.1) is 13.1 Å². The van der Waals surface area contributed by atoms with Gasteiger partial charge in [-0.3, -0.25) is 4.79 Å². The lowest BCUT2D eigenvalue weighted by molar-refractivity contribution is -0.939. The van der Waals surface area contributed by atoms with Gasteiger partial charge < -0.3 is 24.2 Å². The number of carbonyl (C=O) groups excluding carboxylic acids is 2. The molecule has 3 aliphatic heterocycles. The standard InChI is InChI=1S/C23H29N3O5S/c27-21(24-20-9-12-30-25-20)15-26-10-7-16(8-11-26)18(14-26)31-22(28)23(29,17-4-1-2-5-17)19-6-3-13-32-19/h3,6,9,12-13,16-18,29H,1-2,4-5,7-8,10-11,14-15H2/p+1/t16?,18-,23?,26?/m0/s1. The predicted molar refractivity (Wildman–Crippen MR) is 118 cm³/mol. The summed E-state index contributed by atoms with van der Waals surface area (Å²) in [5.74, 6) is -0.0540. The van der Waals surface area contributed by atoms with Crippen LogP contribution in [0.15, 0.2) is 34.4 Å². The van der Waals surface area contributed by atoms with Gasteiger partial charge in [-0.05, 0) is 24.3 Å². The van der Waals surface area contributed by atoms with Crippen molar-refractivity contribution in [2.75, 3.05) is 31.5 Å². The van der Waals surface area contributed by atoms with Gasteiger partial charge in [-0.2, -0.15) is 0 Å². The molecule has 172 valence electrons. The number of anilines is 1. The number of carbonyl (C=O) groups is 2. The highest BCUT2D eigenvalue weighted by Gasteiger charge is 2.53. The number of hydrogen-bond donors (Lipinski definition) is 2. The molecular formula is C23H30N3O5S+. The Morgan fingerprint density at radius 1 is 1.25 bits per heavy atom. The summed E-state index contributed by atoms with van der Waals surface area (Å²) < 4.78 is 11.5. The molecule has 6 rings (SSSR count). The molecule has 1 amide bonds. The van der Waals surface area contributed by atoms with Crippen LogP contribution in [0.3, 0.4) is 0 Å². The Morgan fingerprint density at radius 3 is 2.69 bits per heavy atom. The number of hydrogen-bond acceptors (Lipinski definition) is 7. The molecule has 8 nitrogen and oxygen atoms in total. The Bertz CT molecular complexity index is 933. The van der Waals surface area contributed by atoms with E-state index < -0.39 is 11.6 Å². The highest BCUT2D eigenvalue weighted by molar-refractivity contribution is 7.10. The number of ether oxygens (including phenoxy) is 1. The van der Waals surface area contributed by atoms with Crippen LogP contribution in [0.5, 0.6) is 0 Å². The quantitative estimate of drug-likeness (QED) is 0.487. The van der Waals surface area contributed by atoms with E-state index in [1.807, 2.05) is 17.5 Å². The maximum Gasteiger partial charge on any atom is 0.344 e. The van der Waals surface area contributed by atoms with E-state index in [1.165, 1.54) is 17.6 Å². The van der Waals surface area contributed by atoms with Gasteiger partial charge in [0.1, 0.15) is 12.8 Å². The molecule has 4 aliphatic rings. The van der Waals surface area contributed by atoms with Crippen LogP contribution in [0.1, 0.15) is 43.4 Å². The zero-order chi connectivity index (χ0) is 22.2. The first-order valence-corrected chi connectivity index (χ1v) is 12.4. The molecule has 32 heavy (non-hydrogen) atoms. The zero-order valence-electron chi connectivity index (χ0n) is 18.1. The normalized spacial score (nSPS) is 29.5. The number of thiophene rings is 1. The molecule has 2 aromatic rings. The number of piperidine rings is 3. The van der Waals surface area contributed by atoms with Crippen LogP contribution in [0.2, 0.25) is 0 Å². The number of aliphatic hydroxyl groups is 1. The number of nitrogens with zero attached hydrogens (tertiary/aromatic N) is 2. The smallest absolute Gasteiger partial charge is 0.344 e. The third-order valence-electron chi connectivity index (χ3n) is 7.64. The Kier molecular flexibility index (Phi) is 5.81. The fourth-order valence-electron chi connectivity index (χ4n) is 5.88. The molecular weight excluding hydrogens is 430 g/mol. The van der Waals surface area contributed by atoms with Gasteiger partial charge in [0.2, 0.25) is 0 Å². The highest BCUT2D eigenvalue weighted by atomic mass is 32.1. The van der Waals surface area contributed by atoms with Gasteiger partial charge in [-0.25, -0.2) is 4.79 Å². The van der Waals surface area contributed by atoms with Crippen molar-refractivity contribution in [1.29, 1.82) is 0 Å². The van der Waals surface area contributed by atoms with Gasteiger partial charge in [-0.15, -0.1) is 11.3 Å². The average molecular weight is 461 g/mol. The van der Waals surface area contributed by atoms with Crippen molar-refractivity contribution < 1.29 is 28.4 Å². The average Bonchev–Trinajstić information content (AvgIpc) is 3.57. The molecule has 2 atom stereocenters. The molecule has 2 aromatic heterocycles. The van der Waals surface area contributed by atoms with Gasteiger partial charge in [0.15, 0.2) is 24.1 Å². The monoisotopic (exact) mass is 460 g/mol. The summed E-state index contributed by atoms with van der Waals surface area (Å²) in [6, 6.07) is 5.32. The van der Waals surface area contributed by atoms with Crippen LogP contribution in [0.4, 0.5) is 5.82 Å². The molecule has 2 N–H and O–H groups in total. The fourth-order valence-corrected chi connectivity index (χ4v) is 6.77.